The van der Waals surface area contributed by atoms with Crippen LogP contribution in [0, 0.1) is 17.8 Å². The van der Waals surface area contributed by atoms with Gasteiger partial charge in [-0.1, -0.05) is 11.6 Å². The second kappa shape index (κ2) is 7.63. The zero-order valence-corrected chi connectivity index (χ0v) is 15.5. The Balaban J connectivity index is 1.69. The SMILES string of the molecule is CC1=C/CCc2cc(CCC(F)F)nn2/C(C2CC3CCC2COC3)=C\1. The molecule has 3 fully saturated rings. The van der Waals surface area contributed by atoms with E-state index in [1.807, 2.05) is 6.07 Å². The third-order valence-corrected chi connectivity index (χ3v) is 6.11. The Morgan fingerprint density at radius 3 is 3.04 bits per heavy atom. The van der Waals surface area contributed by atoms with Crippen LogP contribution in [0.15, 0.2) is 23.8 Å². The van der Waals surface area contributed by atoms with Crippen molar-refractivity contribution in [2.45, 2.75) is 58.3 Å². The van der Waals surface area contributed by atoms with Crippen LogP contribution in [0.25, 0.3) is 5.70 Å². The fraction of sp³-hybridized carbons (Fsp3) is 0.667. The van der Waals surface area contributed by atoms with Crippen molar-refractivity contribution >= 4 is 5.70 Å². The minimum Gasteiger partial charge on any atom is -0.381 e. The molecule has 3 nitrogen and oxygen atoms in total. The second-order valence-electron chi connectivity index (χ2n) is 8.11. The number of allylic oxidation sites excluding steroid dienone is 4. The lowest BCUT2D eigenvalue weighted by Gasteiger charge is -2.34. The molecule has 0 radical (unpaired) electrons. The Morgan fingerprint density at radius 2 is 2.19 bits per heavy atom. The first-order valence-corrected chi connectivity index (χ1v) is 9.92. The Bertz CT molecular complexity index is 703. The van der Waals surface area contributed by atoms with Gasteiger partial charge in [0, 0.05) is 30.3 Å². The van der Waals surface area contributed by atoms with Gasteiger partial charge in [-0.2, -0.15) is 5.10 Å². The number of nitrogens with zero attached hydrogens (tertiary/aromatic N) is 2. The number of halogens is 2. The molecule has 5 rings (SSSR count). The van der Waals surface area contributed by atoms with Crippen LogP contribution in [0.2, 0.25) is 0 Å². The first-order valence-electron chi connectivity index (χ1n) is 9.92. The Morgan fingerprint density at radius 1 is 1.31 bits per heavy atom. The summed E-state index contributed by atoms with van der Waals surface area (Å²) in [5.41, 5.74) is 4.47. The van der Waals surface area contributed by atoms with E-state index < -0.39 is 6.43 Å². The molecule has 0 N–H and O–H groups in total. The molecule has 4 aliphatic rings. The van der Waals surface area contributed by atoms with Gasteiger partial charge in [0.25, 0.3) is 0 Å². The van der Waals surface area contributed by atoms with Crippen molar-refractivity contribution in [3.8, 4) is 0 Å². The molecule has 3 aliphatic heterocycles. The molecule has 2 saturated heterocycles. The van der Waals surface area contributed by atoms with Crippen LogP contribution in [-0.4, -0.2) is 29.4 Å². The average Bonchev–Trinajstić information content (AvgIpc) is 2.76. The highest BCUT2D eigenvalue weighted by molar-refractivity contribution is 5.55. The molecule has 5 heteroatoms. The fourth-order valence-electron chi connectivity index (χ4n) is 4.74. The quantitative estimate of drug-likeness (QED) is 0.763. The van der Waals surface area contributed by atoms with Gasteiger partial charge in [0.1, 0.15) is 0 Å². The molecule has 3 atom stereocenters. The molecule has 1 aromatic heterocycles. The minimum absolute atomic E-state index is 0.116. The largest absolute Gasteiger partial charge is 0.381 e. The highest BCUT2D eigenvalue weighted by atomic mass is 19.3. The van der Waals surface area contributed by atoms with Gasteiger partial charge < -0.3 is 4.74 Å². The number of aromatic nitrogens is 2. The average molecular weight is 362 g/mol. The summed E-state index contributed by atoms with van der Waals surface area (Å²) in [5, 5.41) is 4.78. The topological polar surface area (TPSA) is 27.1 Å². The van der Waals surface area contributed by atoms with E-state index in [1.165, 1.54) is 24.1 Å². The van der Waals surface area contributed by atoms with Gasteiger partial charge in [-0.3, -0.25) is 0 Å². The van der Waals surface area contributed by atoms with E-state index in [1.54, 1.807) is 0 Å². The van der Waals surface area contributed by atoms with Crippen molar-refractivity contribution in [3.63, 3.8) is 0 Å². The summed E-state index contributed by atoms with van der Waals surface area (Å²) in [6, 6.07) is 2.04. The standard InChI is InChI=1S/C21H28F2N2O/c1-14-3-2-4-18-11-17(7-8-21(22)23)24-25(18)20(9-14)19-10-15-5-6-16(19)13-26-12-15/h3,9,11,15-16,19,21H,2,4-8,10,12-13H2,1H3/b14-3-,20-9-. The van der Waals surface area contributed by atoms with Crippen molar-refractivity contribution in [2.75, 3.05) is 13.2 Å². The first-order chi connectivity index (χ1) is 12.6. The number of hydrogen-bond acceptors (Lipinski definition) is 2. The van der Waals surface area contributed by atoms with Crippen molar-refractivity contribution < 1.29 is 13.5 Å². The van der Waals surface area contributed by atoms with E-state index >= 15 is 0 Å². The van der Waals surface area contributed by atoms with Gasteiger partial charge in [0.05, 0.1) is 12.3 Å². The first kappa shape index (κ1) is 17.9. The molecule has 1 saturated carbocycles. The third kappa shape index (κ3) is 3.78. The Labute approximate surface area is 154 Å². The summed E-state index contributed by atoms with van der Waals surface area (Å²) in [6.45, 7) is 3.86. The number of rotatable bonds is 4. The van der Waals surface area contributed by atoms with Gasteiger partial charge in [0.15, 0.2) is 0 Å². The molecule has 0 spiro atoms. The Kier molecular flexibility index (Phi) is 5.25. The fourth-order valence-corrected chi connectivity index (χ4v) is 4.74. The molecule has 1 aliphatic carbocycles. The van der Waals surface area contributed by atoms with E-state index in [0.717, 1.165) is 43.9 Å². The van der Waals surface area contributed by atoms with E-state index in [9.17, 15) is 8.78 Å². The van der Waals surface area contributed by atoms with Crippen LogP contribution in [0.5, 0.6) is 0 Å². The van der Waals surface area contributed by atoms with Crippen LogP contribution in [-0.2, 0) is 17.6 Å². The highest BCUT2D eigenvalue weighted by Gasteiger charge is 2.37. The third-order valence-electron chi connectivity index (χ3n) is 6.11. The number of ether oxygens (including phenoxy) is 1. The van der Waals surface area contributed by atoms with Crippen LogP contribution in [0.3, 0.4) is 0 Å². The smallest absolute Gasteiger partial charge is 0.239 e. The lowest BCUT2D eigenvalue weighted by atomic mass is 9.73. The van der Waals surface area contributed by atoms with Gasteiger partial charge in [-0.25, -0.2) is 13.5 Å². The predicted octanol–water partition coefficient (Wildman–Crippen LogP) is 4.88. The lowest BCUT2D eigenvalue weighted by Crippen LogP contribution is -2.28. The minimum atomic E-state index is -2.27. The van der Waals surface area contributed by atoms with E-state index in [0.29, 0.717) is 24.2 Å². The van der Waals surface area contributed by atoms with Crippen LogP contribution < -0.4 is 0 Å². The van der Waals surface area contributed by atoms with E-state index in [2.05, 4.69) is 23.8 Å². The molecule has 26 heavy (non-hydrogen) atoms. The predicted molar refractivity (Wildman–Crippen MR) is 98.0 cm³/mol. The maximum atomic E-state index is 12.6. The monoisotopic (exact) mass is 362 g/mol. The van der Waals surface area contributed by atoms with Crippen molar-refractivity contribution in [3.05, 3.63) is 35.2 Å². The van der Waals surface area contributed by atoms with Crippen molar-refractivity contribution in [2.24, 2.45) is 17.8 Å². The number of aryl methyl sites for hydroxylation is 2. The van der Waals surface area contributed by atoms with Gasteiger partial charge in [0.2, 0.25) is 6.43 Å². The number of fused-ring (bicyclic) bond motifs is 5. The lowest BCUT2D eigenvalue weighted by molar-refractivity contribution is 0.112. The number of alkyl halides is 2. The summed E-state index contributed by atoms with van der Waals surface area (Å²) in [5.74, 6) is 1.61. The van der Waals surface area contributed by atoms with Gasteiger partial charge in [-0.05, 0) is 69.4 Å². The summed E-state index contributed by atoms with van der Waals surface area (Å²) in [7, 11) is 0. The summed E-state index contributed by atoms with van der Waals surface area (Å²) < 4.78 is 33.2. The normalized spacial score (nSPS) is 32.8. The zero-order chi connectivity index (χ0) is 18.1. The van der Waals surface area contributed by atoms with Crippen LogP contribution in [0.4, 0.5) is 8.78 Å². The molecular formula is C21H28F2N2O. The maximum absolute atomic E-state index is 12.6. The molecule has 2 bridgehead atoms. The summed E-state index contributed by atoms with van der Waals surface area (Å²) in [4.78, 5) is 0. The highest BCUT2D eigenvalue weighted by Crippen LogP contribution is 2.43. The molecule has 0 amide bonds. The van der Waals surface area contributed by atoms with E-state index in [4.69, 9.17) is 9.84 Å². The van der Waals surface area contributed by atoms with Crippen LogP contribution >= 0.6 is 0 Å². The maximum Gasteiger partial charge on any atom is 0.239 e. The molecule has 0 aromatic carbocycles. The van der Waals surface area contributed by atoms with Gasteiger partial charge >= 0.3 is 0 Å². The van der Waals surface area contributed by atoms with Crippen molar-refractivity contribution in [1.29, 1.82) is 0 Å². The summed E-state index contributed by atoms with van der Waals surface area (Å²) >= 11 is 0. The molecule has 142 valence electrons. The van der Waals surface area contributed by atoms with E-state index in [-0.39, 0.29) is 6.42 Å². The van der Waals surface area contributed by atoms with Gasteiger partial charge in [-0.15, -0.1) is 0 Å². The number of hydrogen-bond donors (Lipinski definition) is 0. The van der Waals surface area contributed by atoms with Crippen molar-refractivity contribution in [1.82, 2.24) is 9.78 Å². The second-order valence-corrected chi connectivity index (χ2v) is 8.11. The summed E-state index contributed by atoms with van der Waals surface area (Å²) in [6.07, 6.45) is 8.01. The molecule has 3 unspecified atom stereocenters. The Hall–Kier alpha value is -1.49. The molecule has 4 heterocycles. The molecule has 1 aromatic rings. The molecular weight excluding hydrogens is 334 g/mol. The van der Waals surface area contributed by atoms with Crippen LogP contribution in [0.1, 0.15) is 50.4 Å². The zero-order valence-electron chi connectivity index (χ0n) is 15.5.